The van der Waals surface area contributed by atoms with Crippen LogP contribution >= 0.6 is 0 Å². The lowest BCUT2D eigenvalue weighted by Gasteiger charge is -2.11. The summed E-state index contributed by atoms with van der Waals surface area (Å²) in [5.41, 5.74) is 8.49. The number of aromatic hydroxyl groups is 1. The van der Waals surface area contributed by atoms with Crippen molar-refractivity contribution in [3.8, 4) is 28.4 Å². The first-order valence-electron chi connectivity index (χ1n) is 6.64. The number of hydrogen-bond acceptors (Lipinski definition) is 3. The lowest BCUT2D eigenvalue weighted by molar-refractivity contribution is 0.465. The molecule has 104 valence electrons. The number of benzene rings is 3. The van der Waals surface area contributed by atoms with E-state index in [4.69, 9.17) is 10.5 Å². The minimum absolute atomic E-state index is 0.217. The molecule has 0 aliphatic rings. The third-order valence-electron chi connectivity index (χ3n) is 3.17. The maximum Gasteiger partial charge on any atom is 0.135 e. The first-order chi connectivity index (χ1) is 10.2. The van der Waals surface area contributed by atoms with Crippen LogP contribution in [0.15, 0.2) is 72.8 Å². The second kappa shape index (κ2) is 5.59. The fourth-order valence-corrected chi connectivity index (χ4v) is 2.10. The number of ether oxygens (including phenoxy) is 1. The number of nitrogens with two attached hydrogens (primary N) is 1. The summed E-state index contributed by atoms with van der Waals surface area (Å²) in [6, 6.07) is 22.1. The van der Waals surface area contributed by atoms with Gasteiger partial charge in [0.2, 0.25) is 0 Å². The van der Waals surface area contributed by atoms with Crippen LogP contribution in [0.1, 0.15) is 0 Å². The molecule has 0 aliphatic heterocycles. The van der Waals surface area contributed by atoms with Gasteiger partial charge < -0.3 is 15.6 Å². The van der Waals surface area contributed by atoms with E-state index in [0.29, 0.717) is 5.75 Å². The number of para-hydroxylation sites is 1. The average Bonchev–Trinajstić information content (AvgIpc) is 2.51. The summed E-state index contributed by atoms with van der Waals surface area (Å²) < 4.78 is 5.91. The monoisotopic (exact) mass is 277 g/mol. The van der Waals surface area contributed by atoms with Crippen molar-refractivity contribution in [2.24, 2.45) is 0 Å². The number of anilines is 1. The van der Waals surface area contributed by atoms with Crippen LogP contribution in [-0.2, 0) is 0 Å². The second-order valence-corrected chi connectivity index (χ2v) is 4.71. The SMILES string of the molecule is Nc1ccc(-c2ccccc2Oc2ccc(O)cc2)cc1. The van der Waals surface area contributed by atoms with Gasteiger partial charge in [-0.1, -0.05) is 30.3 Å². The van der Waals surface area contributed by atoms with E-state index in [0.717, 1.165) is 22.6 Å². The largest absolute Gasteiger partial charge is 0.508 e. The highest BCUT2D eigenvalue weighted by Crippen LogP contribution is 2.33. The summed E-state index contributed by atoms with van der Waals surface area (Å²) in [7, 11) is 0. The molecule has 3 nitrogen and oxygen atoms in total. The molecule has 0 saturated carbocycles. The van der Waals surface area contributed by atoms with Crippen LogP contribution in [0.5, 0.6) is 17.2 Å². The van der Waals surface area contributed by atoms with Gasteiger partial charge in [0.15, 0.2) is 0 Å². The standard InChI is InChI=1S/C18H15NO2/c19-14-7-5-13(6-8-14)17-3-1-2-4-18(17)21-16-11-9-15(20)10-12-16/h1-12,20H,19H2. The van der Waals surface area contributed by atoms with Gasteiger partial charge in [-0.3, -0.25) is 0 Å². The molecule has 3 rings (SSSR count). The molecule has 3 aromatic rings. The smallest absolute Gasteiger partial charge is 0.135 e. The quantitative estimate of drug-likeness (QED) is 0.696. The van der Waals surface area contributed by atoms with Crippen LogP contribution < -0.4 is 10.5 Å². The lowest BCUT2D eigenvalue weighted by Crippen LogP contribution is -1.89. The Bertz CT molecular complexity index is 734. The number of hydrogen-bond donors (Lipinski definition) is 2. The predicted octanol–water partition coefficient (Wildman–Crippen LogP) is 4.43. The maximum atomic E-state index is 9.31. The van der Waals surface area contributed by atoms with E-state index in [9.17, 15) is 5.11 Å². The van der Waals surface area contributed by atoms with E-state index in [1.54, 1.807) is 24.3 Å². The summed E-state index contributed by atoms with van der Waals surface area (Å²) in [5, 5.41) is 9.31. The van der Waals surface area contributed by atoms with Gasteiger partial charge in [-0.2, -0.15) is 0 Å². The molecule has 0 aromatic heterocycles. The Hall–Kier alpha value is -2.94. The van der Waals surface area contributed by atoms with Crippen LogP contribution in [0.3, 0.4) is 0 Å². The Morgan fingerprint density at radius 1 is 0.762 bits per heavy atom. The van der Waals surface area contributed by atoms with Crippen LogP contribution in [0, 0.1) is 0 Å². The van der Waals surface area contributed by atoms with E-state index in [1.165, 1.54) is 0 Å². The second-order valence-electron chi connectivity index (χ2n) is 4.71. The summed E-state index contributed by atoms with van der Waals surface area (Å²) in [6.45, 7) is 0. The maximum absolute atomic E-state index is 9.31. The van der Waals surface area contributed by atoms with Crippen molar-refractivity contribution in [2.45, 2.75) is 0 Å². The molecule has 0 spiro atoms. The van der Waals surface area contributed by atoms with Crippen LogP contribution in [0.2, 0.25) is 0 Å². The van der Waals surface area contributed by atoms with E-state index >= 15 is 0 Å². The van der Waals surface area contributed by atoms with Gasteiger partial charge >= 0.3 is 0 Å². The van der Waals surface area contributed by atoms with Crippen molar-refractivity contribution in [1.82, 2.24) is 0 Å². The predicted molar refractivity (Wildman–Crippen MR) is 84.5 cm³/mol. The summed E-state index contributed by atoms with van der Waals surface area (Å²) in [6.07, 6.45) is 0. The number of phenolic OH excluding ortho intramolecular Hbond substituents is 1. The Morgan fingerprint density at radius 3 is 2.14 bits per heavy atom. The van der Waals surface area contributed by atoms with Crippen molar-refractivity contribution >= 4 is 5.69 Å². The molecule has 0 atom stereocenters. The van der Waals surface area contributed by atoms with E-state index in [1.807, 2.05) is 48.5 Å². The van der Waals surface area contributed by atoms with Gasteiger partial charge in [0.05, 0.1) is 0 Å². The van der Waals surface area contributed by atoms with Crippen molar-refractivity contribution in [1.29, 1.82) is 0 Å². The van der Waals surface area contributed by atoms with Crippen molar-refractivity contribution in [3.63, 3.8) is 0 Å². The first kappa shape index (κ1) is 13.1. The molecule has 3 N–H and O–H groups in total. The fraction of sp³-hybridized carbons (Fsp3) is 0. The summed E-state index contributed by atoms with van der Waals surface area (Å²) in [5.74, 6) is 1.65. The zero-order valence-electron chi connectivity index (χ0n) is 11.4. The third-order valence-corrected chi connectivity index (χ3v) is 3.17. The highest BCUT2D eigenvalue weighted by molar-refractivity contribution is 5.72. The Morgan fingerprint density at radius 2 is 1.43 bits per heavy atom. The first-order valence-corrected chi connectivity index (χ1v) is 6.64. The van der Waals surface area contributed by atoms with Crippen LogP contribution in [-0.4, -0.2) is 5.11 Å². The molecule has 0 unspecified atom stereocenters. The number of nitrogen functional groups attached to an aromatic ring is 1. The van der Waals surface area contributed by atoms with Crippen molar-refractivity contribution in [3.05, 3.63) is 72.8 Å². The van der Waals surface area contributed by atoms with Crippen molar-refractivity contribution < 1.29 is 9.84 Å². The minimum atomic E-state index is 0.217. The van der Waals surface area contributed by atoms with Gasteiger partial charge in [-0.05, 0) is 48.0 Å². The Labute approximate surface area is 123 Å². The molecule has 0 heterocycles. The van der Waals surface area contributed by atoms with E-state index in [2.05, 4.69) is 0 Å². The molecule has 3 heteroatoms. The van der Waals surface area contributed by atoms with Gasteiger partial charge in [0.1, 0.15) is 17.2 Å². The van der Waals surface area contributed by atoms with Crippen LogP contribution in [0.4, 0.5) is 5.69 Å². The normalized spacial score (nSPS) is 10.3. The minimum Gasteiger partial charge on any atom is -0.508 e. The Balaban J connectivity index is 1.96. The highest BCUT2D eigenvalue weighted by atomic mass is 16.5. The number of phenols is 1. The molecule has 0 radical (unpaired) electrons. The fourth-order valence-electron chi connectivity index (χ4n) is 2.10. The molecule has 0 aliphatic carbocycles. The molecular formula is C18H15NO2. The van der Waals surface area contributed by atoms with Gasteiger partial charge in [0, 0.05) is 11.3 Å². The van der Waals surface area contributed by atoms with Gasteiger partial charge in [0.25, 0.3) is 0 Å². The molecule has 0 saturated heterocycles. The zero-order valence-corrected chi connectivity index (χ0v) is 11.4. The third kappa shape index (κ3) is 2.98. The lowest BCUT2D eigenvalue weighted by atomic mass is 10.0. The molecule has 0 fully saturated rings. The molecule has 3 aromatic carbocycles. The topological polar surface area (TPSA) is 55.5 Å². The van der Waals surface area contributed by atoms with Gasteiger partial charge in [-0.15, -0.1) is 0 Å². The van der Waals surface area contributed by atoms with E-state index < -0.39 is 0 Å². The highest BCUT2D eigenvalue weighted by Gasteiger charge is 2.06. The molecular weight excluding hydrogens is 262 g/mol. The summed E-state index contributed by atoms with van der Waals surface area (Å²) >= 11 is 0. The molecule has 0 bridgehead atoms. The Kier molecular flexibility index (Phi) is 3.48. The van der Waals surface area contributed by atoms with Crippen LogP contribution in [0.25, 0.3) is 11.1 Å². The van der Waals surface area contributed by atoms with E-state index in [-0.39, 0.29) is 5.75 Å². The number of rotatable bonds is 3. The van der Waals surface area contributed by atoms with Gasteiger partial charge in [-0.25, -0.2) is 0 Å². The summed E-state index contributed by atoms with van der Waals surface area (Å²) in [4.78, 5) is 0. The average molecular weight is 277 g/mol. The van der Waals surface area contributed by atoms with Crippen molar-refractivity contribution in [2.75, 3.05) is 5.73 Å². The molecule has 0 amide bonds. The zero-order chi connectivity index (χ0) is 14.7. The molecule has 21 heavy (non-hydrogen) atoms.